The molecule has 0 aromatic heterocycles. The Kier molecular flexibility index (Phi) is 8.18. The second-order valence-corrected chi connectivity index (χ2v) is 9.75. The molecule has 0 unspecified atom stereocenters. The Hall–Kier alpha value is -1.51. The Morgan fingerprint density at radius 3 is 2.44 bits per heavy atom. The lowest BCUT2D eigenvalue weighted by atomic mass is 10.1. The maximum Gasteiger partial charge on any atom is 0.262 e. The van der Waals surface area contributed by atoms with Gasteiger partial charge in [-0.25, -0.2) is 0 Å². The van der Waals surface area contributed by atoms with Crippen molar-refractivity contribution >= 4 is 72.4 Å². The van der Waals surface area contributed by atoms with E-state index in [1.807, 2.05) is 90.9 Å². The lowest BCUT2D eigenvalue weighted by Crippen LogP contribution is -2.26. The first-order valence-corrected chi connectivity index (χ1v) is 16.1. The molecule has 10 heteroatoms. The minimum atomic E-state index is -0.183. The SMILES string of the molecule is Nc1cccc2c1CN(C(=O)c1c(OCc3ccccc3)cc(OSI)cc1OSI)C2. The highest BCUT2D eigenvalue weighted by atomic mass is 127. The summed E-state index contributed by atoms with van der Waals surface area (Å²) in [6.07, 6.45) is 0. The fraction of sp³-hybridized carbons (Fsp3) is 0.136. The van der Waals surface area contributed by atoms with Crippen LogP contribution in [0.5, 0.6) is 17.2 Å². The topological polar surface area (TPSA) is 74.0 Å². The number of benzene rings is 3. The highest BCUT2D eigenvalue weighted by Crippen LogP contribution is 2.41. The molecule has 166 valence electrons. The van der Waals surface area contributed by atoms with E-state index in [1.54, 1.807) is 17.0 Å². The molecule has 0 bridgehead atoms. The number of nitrogens with two attached hydrogens (primary N) is 1. The number of nitrogen functional groups attached to an aromatic ring is 1. The largest absolute Gasteiger partial charge is 0.488 e. The average Bonchev–Trinajstić information content (AvgIpc) is 3.24. The summed E-state index contributed by atoms with van der Waals surface area (Å²) in [5, 5.41) is 0. The van der Waals surface area contributed by atoms with Gasteiger partial charge in [-0.2, -0.15) is 0 Å². The van der Waals surface area contributed by atoms with Gasteiger partial charge in [-0.05, 0) is 22.8 Å². The number of anilines is 1. The second kappa shape index (κ2) is 11.1. The fourth-order valence-electron chi connectivity index (χ4n) is 3.56. The summed E-state index contributed by atoms with van der Waals surface area (Å²) in [6, 6.07) is 19.0. The Balaban J connectivity index is 1.69. The van der Waals surface area contributed by atoms with Gasteiger partial charge in [0.15, 0.2) is 5.75 Å². The van der Waals surface area contributed by atoms with Gasteiger partial charge in [-0.15, -0.1) is 0 Å². The monoisotopic (exact) mass is 692 g/mol. The Labute approximate surface area is 219 Å². The quantitative estimate of drug-likeness (QED) is 0.159. The van der Waals surface area contributed by atoms with Gasteiger partial charge in [0.1, 0.15) is 42.1 Å². The van der Waals surface area contributed by atoms with Crippen molar-refractivity contribution in [2.24, 2.45) is 0 Å². The first kappa shape index (κ1) is 23.6. The van der Waals surface area contributed by atoms with E-state index in [2.05, 4.69) is 0 Å². The number of fused-ring (bicyclic) bond motifs is 1. The number of ether oxygens (including phenoxy) is 1. The summed E-state index contributed by atoms with van der Waals surface area (Å²) < 4.78 is 17.5. The summed E-state index contributed by atoms with van der Waals surface area (Å²) in [6.45, 7) is 1.24. The standard InChI is InChI=1S/C22H18I2N2O4S2/c23-31-29-16-9-19(28-13-14-5-2-1-3-6-14)21(20(10-16)30-32-24)22(27)26-11-15-7-4-8-18(25)17(15)12-26/h1-10H,11-13,25H2. The van der Waals surface area contributed by atoms with Gasteiger partial charge in [0.25, 0.3) is 5.91 Å². The summed E-state index contributed by atoms with van der Waals surface area (Å²) in [7, 11) is 2.31. The van der Waals surface area contributed by atoms with Crippen molar-refractivity contribution in [1.82, 2.24) is 4.90 Å². The molecule has 0 atom stereocenters. The smallest absolute Gasteiger partial charge is 0.262 e. The normalized spacial score (nSPS) is 12.4. The van der Waals surface area contributed by atoms with Crippen LogP contribution in [-0.2, 0) is 19.7 Å². The molecule has 0 fully saturated rings. The molecule has 6 nitrogen and oxygen atoms in total. The lowest BCUT2D eigenvalue weighted by Gasteiger charge is -2.21. The summed E-state index contributed by atoms with van der Waals surface area (Å²) in [5.41, 5.74) is 10.2. The van der Waals surface area contributed by atoms with Crippen molar-refractivity contribution in [2.45, 2.75) is 19.7 Å². The average molecular weight is 692 g/mol. The number of nitrogens with zero attached hydrogens (tertiary/aromatic N) is 1. The molecule has 0 saturated carbocycles. The number of carbonyl (C=O) groups is 1. The number of carbonyl (C=O) groups excluding carboxylic acids is 1. The first-order valence-electron chi connectivity index (χ1n) is 9.51. The van der Waals surface area contributed by atoms with E-state index < -0.39 is 0 Å². The highest BCUT2D eigenvalue weighted by Gasteiger charge is 2.31. The summed E-state index contributed by atoms with van der Waals surface area (Å²) in [4.78, 5) is 15.4. The van der Waals surface area contributed by atoms with E-state index in [4.69, 9.17) is 18.8 Å². The summed E-state index contributed by atoms with van der Waals surface area (Å²) >= 11 is 4.07. The molecule has 1 aliphatic heterocycles. The molecule has 32 heavy (non-hydrogen) atoms. The van der Waals surface area contributed by atoms with Gasteiger partial charge in [0.2, 0.25) is 0 Å². The maximum absolute atomic E-state index is 13.7. The van der Waals surface area contributed by atoms with E-state index >= 15 is 0 Å². The van der Waals surface area contributed by atoms with Crippen LogP contribution >= 0.6 is 60.8 Å². The molecule has 0 aliphatic carbocycles. The molecule has 2 N–H and O–H groups in total. The lowest BCUT2D eigenvalue weighted by molar-refractivity contribution is 0.0745. The van der Waals surface area contributed by atoms with Gasteiger partial charge in [0, 0.05) is 73.3 Å². The highest BCUT2D eigenvalue weighted by molar-refractivity contribution is 14.2. The van der Waals surface area contributed by atoms with Crippen molar-refractivity contribution < 1.29 is 17.9 Å². The minimum absolute atomic E-state index is 0.183. The number of hydrogen-bond acceptors (Lipinski definition) is 7. The predicted octanol–water partition coefficient (Wildman–Crippen LogP) is 6.76. The van der Waals surface area contributed by atoms with Crippen molar-refractivity contribution in [1.29, 1.82) is 0 Å². The van der Waals surface area contributed by atoms with Gasteiger partial charge >= 0.3 is 0 Å². The Morgan fingerprint density at radius 1 is 0.969 bits per heavy atom. The van der Waals surface area contributed by atoms with E-state index in [-0.39, 0.29) is 5.91 Å². The van der Waals surface area contributed by atoms with Gasteiger partial charge in [0.05, 0.1) is 0 Å². The van der Waals surface area contributed by atoms with Crippen LogP contribution in [-0.4, -0.2) is 10.8 Å². The second-order valence-electron chi connectivity index (χ2n) is 7.01. The zero-order valence-electron chi connectivity index (χ0n) is 16.6. The van der Waals surface area contributed by atoms with Crippen LogP contribution in [0.3, 0.4) is 0 Å². The van der Waals surface area contributed by atoms with E-state index in [0.717, 1.165) is 25.9 Å². The van der Waals surface area contributed by atoms with Crippen LogP contribution in [0.15, 0.2) is 60.7 Å². The third-order valence-corrected chi connectivity index (χ3v) is 6.62. The number of amides is 1. The number of halogens is 2. The molecule has 1 heterocycles. The molecular weight excluding hydrogens is 674 g/mol. The van der Waals surface area contributed by atoms with Crippen LogP contribution in [0.2, 0.25) is 0 Å². The Morgan fingerprint density at radius 2 is 1.72 bits per heavy atom. The Bertz CT molecular complexity index is 1120. The minimum Gasteiger partial charge on any atom is -0.488 e. The van der Waals surface area contributed by atoms with E-state index in [0.29, 0.717) is 48.2 Å². The molecule has 0 saturated heterocycles. The molecule has 3 aromatic rings. The van der Waals surface area contributed by atoms with Gasteiger partial charge < -0.3 is 23.7 Å². The molecule has 1 aliphatic rings. The third kappa shape index (κ3) is 5.34. The summed E-state index contributed by atoms with van der Waals surface area (Å²) in [5.74, 6) is 1.16. The molecular formula is C22H18I2N2O4S2. The van der Waals surface area contributed by atoms with Crippen molar-refractivity contribution in [3.63, 3.8) is 0 Å². The number of rotatable bonds is 8. The zero-order chi connectivity index (χ0) is 22.5. The molecule has 1 amide bonds. The zero-order valence-corrected chi connectivity index (χ0v) is 22.6. The number of hydrogen-bond donors (Lipinski definition) is 1. The van der Waals surface area contributed by atoms with Crippen LogP contribution in [0.1, 0.15) is 27.0 Å². The predicted molar refractivity (Wildman–Crippen MR) is 146 cm³/mol. The van der Waals surface area contributed by atoms with E-state index in [1.165, 1.54) is 9.21 Å². The van der Waals surface area contributed by atoms with Crippen molar-refractivity contribution in [3.8, 4) is 17.2 Å². The van der Waals surface area contributed by atoms with Gasteiger partial charge in [-0.3, -0.25) is 4.79 Å². The molecule has 3 aromatic carbocycles. The van der Waals surface area contributed by atoms with Crippen LogP contribution in [0.25, 0.3) is 0 Å². The van der Waals surface area contributed by atoms with Crippen molar-refractivity contribution in [3.05, 3.63) is 82.9 Å². The van der Waals surface area contributed by atoms with Crippen LogP contribution in [0, 0.1) is 0 Å². The molecule has 0 radical (unpaired) electrons. The first-order chi connectivity index (χ1) is 15.6. The third-order valence-electron chi connectivity index (χ3n) is 5.05. The van der Waals surface area contributed by atoms with Crippen LogP contribution in [0.4, 0.5) is 5.69 Å². The van der Waals surface area contributed by atoms with Crippen LogP contribution < -0.4 is 18.8 Å². The van der Waals surface area contributed by atoms with Crippen molar-refractivity contribution in [2.75, 3.05) is 5.73 Å². The maximum atomic E-state index is 13.7. The fourth-order valence-corrected chi connectivity index (χ4v) is 5.13. The molecule has 4 rings (SSSR count). The van der Waals surface area contributed by atoms with E-state index in [9.17, 15) is 4.79 Å². The van der Waals surface area contributed by atoms with Gasteiger partial charge in [-0.1, -0.05) is 42.5 Å². The molecule has 0 spiro atoms.